The van der Waals surface area contributed by atoms with Crippen molar-refractivity contribution in [1.29, 1.82) is 0 Å². The molecule has 4 nitrogen and oxygen atoms in total. The molecule has 1 amide bonds. The van der Waals surface area contributed by atoms with Gasteiger partial charge in [0, 0.05) is 10.3 Å². The van der Waals surface area contributed by atoms with Gasteiger partial charge in [-0.15, -0.1) is 11.3 Å². The first kappa shape index (κ1) is 16.0. The molecule has 0 fully saturated rings. The maximum atomic E-state index is 12.2. The average Bonchev–Trinajstić information content (AvgIpc) is 2.73. The lowest BCUT2D eigenvalue weighted by Crippen LogP contribution is -2.28. The molecule has 0 saturated carbocycles. The zero-order valence-electron chi connectivity index (χ0n) is 13.3. The molecule has 0 aromatic carbocycles. The molecule has 5 heteroatoms. The number of methoxy groups -OCH3 is 1. The summed E-state index contributed by atoms with van der Waals surface area (Å²) in [7, 11) is 1.38. The van der Waals surface area contributed by atoms with Crippen LogP contribution in [0.3, 0.4) is 0 Å². The van der Waals surface area contributed by atoms with Gasteiger partial charge in [0.25, 0.3) is 0 Å². The van der Waals surface area contributed by atoms with Gasteiger partial charge in [-0.3, -0.25) is 4.79 Å². The molecule has 0 radical (unpaired) electrons. The number of carbonyl (C=O) groups excluding carboxylic acids is 2. The Hall–Kier alpha value is -1.36. The number of ether oxygens (including phenoxy) is 1. The third-order valence-corrected chi connectivity index (χ3v) is 4.98. The van der Waals surface area contributed by atoms with Crippen molar-refractivity contribution >= 4 is 28.2 Å². The summed E-state index contributed by atoms with van der Waals surface area (Å²) in [5.41, 5.74) is 1.13. The Labute approximate surface area is 129 Å². The predicted molar refractivity (Wildman–Crippen MR) is 84.9 cm³/mol. The van der Waals surface area contributed by atoms with Crippen molar-refractivity contribution in [1.82, 2.24) is 0 Å². The minimum atomic E-state index is -0.495. The quantitative estimate of drug-likeness (QED) is 0.849. The summed E-state index contributed by atoms with van der Waals surface area (Å²) >= 11 is 1.52. The van der Waals surface area contributed by atoms with E-state index in [-0.39, 0.29) is 11.9 Å². The van der Waals surface area contributed by atoms with Crippen LogP contribution in [0.15, 0.2) is 0 Å². The fourth-order valence-electron chi connectivity index (χ4n) is 2.45. The number of hydrogen-bond acceptors (Lipinski definition) is 4. The second-order valence-electron chi connectivity index (χ2n) is 6.75. The van der Waals surface area contributed by atoms with Crippen LogP contribution < -0.4 is 5.32 Å². The molecule has 116 valence electrons. The van der Waals surface area contributed by atoms with Crippen molar-refractivity contribution in [2.45, 2.75) is 47.0 Å². The highest BCUT2D eigenvalue weighted by Crippen LogP contribution is 2.40. The SMILES string of the molecule is COC(=O)c1c(NC(=O)C(C)(C)C)sc2c1CCC(C)C2. The lowest BCUT2D eigenvalue weighted by atomic mass is 9.88. The number of esters is 1. The highest BCUT2D eigenvalue weighted by Gasteiger charge is 2.30. The van der Waals surface area contributed by atoms with Gasteiger partial charge in [0.2, 0.25) is 5.91 Å². The number of amides is 1. The van der Waals surface area contributed by atoms with Crippen LogP contribution in [0.2, 0.25) is 0 Å². The molecule has 1 aliphatic rings. The minimum absolute atomic E-state index is 0.0840. The van der Waals surface area contributed by atoms with E-state index in [9.17, 15) is 9.59 Å². The predicted octanol–water partition coefficient (Wildman–Crippen LogP) is 3.64. The first-order chi connectivity index (χ1) is 9.74. The first-order valence-electron chi connectivity index (χ1n) is 7.28. The maximum Gasteiger partial charge on any atom is 0.341 e. The van der Waals surface area contributed by atoms with E-state index in [1.807, 2.05) is 20.8 Å². The van der Waals surface area contributed by atoms with Gasteiger partial charge in [0.05, 0.1) is 12.7 Å². The van der Waals surface area contributed by atoms with E-state index in [4.69, 9.17) is 4.74 Å². The second kappa shape index (κ2) is 5.79. The van der Waals surface area contributed by atoms with Crippen LogP contribution in [0.5, 0.6) is 0 Å². The molecule has 1 unspecified atom stereocenters. The smallest absolute Gasteiger partial charge is 0.341 e. The zero-order chi connectivity index (χ0) is 15.8. The molecule has 1 heterocycles. The minimum Gasteiger partial charge on any atom is -0.465 e. The van der Waals surface area contributed by atoms with Crippen LogP contribution in [0, 0.1) is 11.3 Å². The fraction of sp³-hybridized carbons (Fsp3) is 0.625. The second-order valence-corrected chi connectivity index (χ2v) is 7.86. The molecule has 21 heavy (non-hydrogen) atoms. The van der Waals surface area contributed by atoms with Gasteiger partial charge in [-0.25, -0.2) is 4.79 Å². The van der Waals surface area contributed by atoms with E-state index in [2.05, 4.69) is 12.2 Å². The van der Waals surface area contributed by atoms with Gasteiger partial charge >= 0.3 is 5.97 Å². The highest BCUT2D eigenvalue weighted by atomic mass is 32.1. The van der Waals surface area contributed by atoms with E-state index in [0.717, 1.165) is 24.8 Å². The van der Waals surface area contributed by atoms with Crippen molar-refractivity contribution in [3.05, 3.63) is 16.0 Å². The fourth-order valence-corrected chi connectivity index (χ4v) is 3.84. The molecule has 1 N–H and O–H groups in total. The summed E-state index contributed by atoms with van der Waals surface area (Å²) in [6.45, 7) is 7.79. The van der Waals surface area contributed by atoms with Crippen molar-refractivity contribution in [2.75, 3.05) is 12.4 Å². The van der Waals surface area contributed by atoms with E-state index >= 15 is 0 Å². The average molecular weight is 309 g/mol. The van der Waals surface area contributed by atoms with E-state index < -0.39 is 5.41 Å². The van der Waals surface area contributed by atoms with E-state index in [1.54, 1.807) is 0 Å². The molecule has 1 aromatic heterocycles. The summed E-state index contributed by atoms with van der Waals surface area (Å²) in [6, 6.07) is 0. The Bertz CT molecular complexity index is 569. The highest BCUT2D eigenvalue weighted by molar-refractivity contribution is 7.17. The van der Waals surface area contributed by atoms with Crippen LogP contribution in [-0.4, -0.2) is 19.0 Å². The van der Waals surface area contributed by atoms with Gasteiger partial charge < -0.3 is 10.1 Å². The summed E-state index contributed by atoms with van der Waals surface area (Å²) in [5, 5.41) is 3.56. The van der Waals surface area contributed by atoms with Gasteiger partial charge in [0.1, 0.15) is 5.00 Å². The number of hydrogen-bond donors (Lipinski definition) is 1. The Morgan fingerprint density at radius 1 is 1.33 bits per heavy atom. The molecule has 0 saturated heterocycles. The Morgan fingerprint density at radius 3 is 2.57 bits per heavy atom. The molecule has 0 spiro atoms. The van der Waals surface area contributed by atoms with Crippen molar-refractivity contribution in [3.63, 3.8) is 0 Å². The monoisotopic (exact) mass is 309 g/mol. The van der Waals surface area contributed by atoms with Crippen molar-refractivity contribution in [2.24, 2.45) is 11.3 Å². The Kier molecular flexibility index (Phi) is 4.42. The number of nitrogens with one attached hydrogen (secondary N) is 1. The summed E-state index contributed by atoms with van der Waals surface area (Å²) < 4.78 is 4.91. The van der Waals surface area contributed by atoms with Gasteiger partial charge in [-0.1, -0.05) is 27.7 Å². The van der Waals surface area contributed by atoms with Crippen LogP contribution in [0.4, 0.5) is 5.00 Å². The third kappa shape index (κ3) is 3.28. The molecule has 2 rings (SSSR count). The largest absolute Gasteiger partial charge is 0.465 e. The number of thiophene rings is 1. The molecular weight excluding hydrogens is 286 g/mol. The lowest BCUT2D eigenvalue weighted by Gasteiger charge is -2.18. The third-order valence-electron chi connectivity index (χ3n) is 3.81. The summed E-state index contributed by atoms with van der Waals surface area (Å²) in [5.74, 6) is 0.179. The van der Waals surface area contributed by atoms with Crippen LogP contribution in [0.1, 0.15) is 54.9 Å². The number of fused-ring (bicyclic) bond motifs is 1. The standard InChI is InChI=1S/C16H23NO3S/c1-9-6-7-10-11(8-9)21-13(12(10)14(18)20-5)17-15(19)16(2,3)4/h9H,6-8H2,1-5H3,(H,17,19). The zero-order valence-corrected chi connectivity index (χ0v) is 14.1. The molecule has 1 atom stereocenters. The van der Waals surface area contributed by atoms with Crippen LogP contribution >= 0.6 is 11.3 Å². The summed E-state index contributed by atoms with van der Waals surface area (Å²) in [6.07, 6.45) is 2.92. The molecular formula is C16H23NO3S. The summed E-state index contributed by atoms with van der Waals surface area (Å²) in [4.78, 5) is 25.5. The number of rotatable bonds is 2. The normalized spacial score (nSPS) is 18.0. The van der Waals surface area contributed by atoms with Crippen LogP contribution in [0.25, 0.3) is 0 Å². The topological polar surface area (TPSA) is 55.4 Å². The van der Waals surface area contributed by atoms with Gasteiger partial charge in [0.15, 0.2) is 0 Å². The van der Waals surface area contributed by atoms with E-state index in [0.29, 0.717) is 16.5 Å². The first-order valence-corrected chi connectivity index (χ1v) is 8.10. The molecule has 1 aromatic rings. The number of anilines is 1. The molecule has 1 aliphatic carbocycles. The maximum absolute atomic E-state index is 12.2. The van der Waals surface area contributed by atoms with Crippen molar-refractivity contribution in [3.8, 4) is 0 Å². The number of carbonyl (C=O) groups is 2. The van der Waals surface area contributed by atoms with Crippen LogP contribution in [-0.2, 0) is 22.4 Å². The lowest BCUT2D eigenvalue weighted by molar-refractivity contribution is -0.123. The van der Waals surface area contributed by atoms with E-state index in [1.165, 1.54) is 23.3 Å². The van der Waals surface area contributed by atoms with Crippen molar-refractivity contribution < 1.29 is 14.3 Å². The van der Waals surface area contributed by atoms with Gasteiger partial charge in [-0.2, -0.15) is 0 Å². The van der Waals surface area contributed by atoms with Gasteiger partial charge in [-0.05, 0) is 30.7 Å². The Morgan fingerprint density at radius 2 is 2.00 bits per heavy atom. The molecule has 0 aliphatic heterocycles. The molecule has 0 bridgehead atoms. The Balaban J connectivity index is 2.41.